The van der Waals surface area contributed by atoms with Gasteiger partial charge in [0, 0.05) is 17.1 Å². The molecule has 0 saturated carbocycles. The molecule has 0 bridgehead atoms. The van der Waals surface area contributed by atoms with Crippen LogP contribution < -0.4 is 5.32 Å². The molecule has 4 rings (SSSR count). The average Bonchev–Trinajstić information content (AvgIpc) is 2.72. The Morgan fingerprint density at radius 1 is 0.857 bits per heavy atom. The second-order valence-electron chi connectivity index (χ2n) is 6.33. The number of hydrogen-bond donors (Lipinski definition) is 1. The van der Waals surface area contributed by atoms with Gasteiger partial charge in [-0.15, -0.1) is 0 Å². The first-order valence-electron chi connectivity index (χ1n) is 8.72. The highest BCUT2D eigenvalue weighted by Crippen LogP contribution is 2.32. The van der Waals surface area contributed by atoms with Gasteiger partial charge in [-0.25, -0.2) is 4.98 Å². The van der Waals surface area contributed by atoms with Gasteiger partial charge in [-0.1, -0.05) is 36.4 Å². The number of pyridine rings is 2. The van der Waals surface area contributed by atoms with Gasteiger partial charge in [-0.2, -0.15) is 13.2 Å². The molecule has 3 nitrogen and oxygen atoms in total. The molecule has 28 heavy (non-hydrogen) atoms. The third kappa shape index (κ3) is 3.81. The molecule has 2 heterocycles. The summed E-state index contributed by atoms with van der Waals surface area (Å²) in [6.45, 7) is 0.523. The molecule has 0 fully saturated rings. The molecule has 1 N–H and O–H groups in total. The number of nitrogens with one attached hydrogen (secondary N) is 1. The van der Waals surface area contributed by atoms with Crippen LogP contribution in [0.1, 0.15) is 11.3 Å². The fourth-order valence-electron chi connectivity index (χ4n) is 2.99. The number of aromatic nitrogens is 2. The Kier molecular flexibility index (Phi) is 4.69. The second-order valence-corrected chi connectivity index (χ2v) is 6.33. The monoisotopic (exact) mass is 379 g/mol. The van der Waals surface area contributed by atoms with Crippen molar-refractivity contribution in [2.24, 2.45) is 0 Å². The van der Waals surface area contributed by atoms with Crippen molar-refractivity contribution >= 4 is 16.6 Å². The molecule has 2 aromatic heterocycles. The lowest BCUT2D eigenvalue weighted by Gasteiger charge is -2.11. The molecule has 0 unspecified atom stereocenters. The predicted octanol–water partition coefficient (Wildman–Crippen LogP) is 5.93. The Morgan fingerprint density at radius 2 is 1.71 bits per heavy atom. The molecule has 2 aromatic carbocycles. The molecule has 0 aliphatic heterocycles. The Labute approximate surface area is 159 Å². The van der Waals surface area contributed by atoms with Crippen LogP contribution >= 0.6 is 0 Å². The van der Waals surface area contributed by atoms with Crippen molar-refractivity contribution in [3.63, 3.8) is 0 Å². The van der Waals surface area contributed by atoms with Crippen molar-refractivity contribution in [2.75, 3.05) is 5.32 Å². The third-order valence-electron chi connectivity index (χ3n) is 4.39. The van der Waals surface area contributed by atoms with E-state index in [-0.39, 0.29) is 0 Å². The van der Waals surface area contributed by atoms with Crippen molar-refractivity contribution in [2.45, 2.75) is 12.7 Å². The van der Waals surface area contributed by atoms with Crippen LogP contribution in [0.15, 0.2) is 79.0 Å². The SMILES string of the molecule is FC(F)(F)c1cccc(-c2ccc3cccc(NCc4ccccn4)c3n2)c1. The van der Waals surface area contributed by atoms with E-state index in [9.17, 15) is 13.2 Å². The van der Waals surface area contributed by atoms with Gasteiger partial charge in [-0.3, -0.25) is 4.98 Å². The Balaban J connectivity index is 1.70. The summed E-state index contributed by atoms with van der Waals surface area (Å²) < 4.78 is 39.1. The smallest absolute Gasteiger partial charge is 0.378 e. The summed E-state index contributed by atoms with van der Waals surface area (Å²) in [5.41, 5.74) is 2.62. The first-order chi connectivity index (χ1) is 13.5. The van der Waals surface area contributed by atoms with E-state index in [1.165, 1.54) is 6.07 Å². The van der Waals surface area contributed by atoms with E-state index in [0.717, 1.165) is 28.9 Å². The molecule has 0 aliphatic rings. The maximum absolute atomic E-state index is 13.0. The van der Waals surface area contributed by atoms with Gasteiger partial charge < -0.3 is 5.32 Å². The van der Waals surface area contributed by atoms with Gasteiger partial charge in [-0.05, 0) is 36.4 Å². The van der Waals surface area contributed by atoms with E-state index >= 15 is 0 Å². The van der Waals surface area contributed by atoms with Crippen LogP contribution in [-0.4, -0.2) is 9.97 Å². The summed E-state index contributed by atoms with van der Waals surface area (Å²) in [7, 11) is 0. The van der Waals surface area contributed by atoms with Crippen molar-refractivity contribution in [1.82, 2.24) is 9.97 Å². The highest BCUT2D eigenvalue weighted by Gasteiger charge is 2.30. The van der Waals surface area contributed by atoms with Gasteiger partial charge in [0.1, 0.15) is 0 Å². The summed E-state index contributed by atoms with van der Waals surface area (Å²) in [6.07, 6.45) is -2.66. The van der Waals surface area contributed by atoms with Crippen molar-refractivity contribution in [1.29, 1.82) is 0 Å². The minimum Gasteiger partial charge on any atom is -0.378 e. The Bertz CT molecular complexity index is 1110. The molecule has 0 aliphatic carbocycles. The number of rotatable bonds is 4. The zero-order valence-electron chi connectivity index (χ0n) is 14.7. The second kappa shape index (κ2) is 7.31. The van der Waals surface area contributed by atoms with Crippen LogP contribution in [0.25, 0.3) is 22.2 Å². The maximum atomic E-state index is 13.0. The van der Waals surface area contributed by atoms with Crippen LogP contribution in [-0.2, 0) is 12.7 Å². The number of nitrogens with zero attached hydrogens (tertiary/aromatic N) is 2. The molecule has 0 saturated heterocycles. The zero-order chi connectivity index (χ0) is 19.6. The number of alkyl halides is 3. The standard InChI is InChI=1S/C22H16F3N3/c23-22(24,25)17-7-3-6-16(13-17)19-11-10-15-5-4-9-20(21(15)28-19)27-14-18-8-1-2-12-26-18/h1-13,27H,14H2. The predicted molar refractivity (Wildman–Crippen MR) is 104 cm³/mol. The van der Waals surface area contributed by atoms with Gasteiger partial charge in [0.05, 0.1) is 34.7 Å². The maximum Gasteiger partial charge on any atom is 0.416 e. The van der Waals surface area contributed by atoms with Gasteiger partial charge in [0.2, 0.25) is 0 Å². The van der Waals surface area contributed by atoms with Gasteiger partial charge in [0.15, 0.2) is 0 Å². The summed E-state index contributed by atoms with van der Waals surface area (Å²) >= 11 is 0. The van der Waals surface area contributed by atoms with Crippen LogP contribution in [0, 0.1) is 0 Å². The zero-order valence-corrected chi connectivity index (χ0v) is 14.7. The minimum atomic E-state index is -4.39. The van der Waals surface area contributed by atoms with Crippen LogP contribution in [0.2, 0.25) is 0 Å². The van der Waals surface area contributed by atoms with E-state index < -0.39 is 11.7 Å². The summed E-state index contributed by atoms with van der Waals surface area (Å²) in [4.78, 5) is 8.91. The highest BCUT2D eigenvalue weighted by molar-refractivity contribution is 5.92. The Hall–Kier alpha value is -3.41. The van der Waals surface area contributed by atoms with E-state index in [0.29, 0.717) is 23.3 Å². The lowest BCUT2D eigenvalue weighted by atomic mass is 10.1. The number of anilines is 1. The third-order valence-corrected chi connectivity index (χ3v) is 4.39. The van der Waals surface area contributed by atoms with Crippen LogP contribution in [0.5, 0.6) is 0 Å². The van der Waals surface area contributed by atoms with Gasteiger partial charge >= 0.3 is 6.18 Å². The lowest BCUT2D eigenvalue weighted by molar-refractivity contribution is -0.137. The highest BCUT2D eigenvalue weighted by atomic mass is 19.4. The molecule has 0 atom stereocenters. The summed E-state index contributed by atoms with van der Waals surface area (Å²) in [6, 6.07) is 20.2. The first kappa shape index (κ1) is 18.0. The molecule has 0 amide bonds. The van der Waals surface area contributed by atoms with E-state index in [1.807, 2.05) is 42.5 Å². The molecule has 0 radical (unpaired) electrons. The minimum absolute atomic E-state index is 0.427. The van der Waals surface area contributed by atoms with Crippen molar-refractivity contribution < 1.29 is 13.2 Å². The fourth-order valence-corrected chi connectivity index (χ4v) is 2.99. The first-order valence-corrected chi connectivity index (χ1v) is 8.72. The molecule has 6 heteroatoms. The van der Waals surface area contributed by atoms with Gasteiger partial charge in [0.25, 0.3) is 0 Å². The number of fused-ring (bicyclic) bond motifs is 1. The lowest BCUT2D eigenvalue weighted by Crippen LogP contribution is -2.04. The summed E-state index contributed by atoms with van der Waals surface area (Å²) in [5.74, 6) is 0. The molecule has 0 spiro atoms. The topological polar surface area (TPSA) is 37.8 Å². The molecular formula is C22H16F3N3. The van der Waals surface area contributed by atoms with Crippen molar-refractivity contribution in [3.8, 4) is 11.3 Å². The quantitative estimate of drug-likeness (QED) is 0.478. The van der Waals surface area contributed by atoms with Crippen molar-refractivity contribution in [3.05, 3.63) is 90.3 Å². The fraction of sp³-hybridized carbons (Fsp3) is 0.0909. The number of benzene rings is 2. The average molecular weight is 379 g/mol. The Morgan fingerprint density at radius 3 is 2.50 bits per heavy atom. The van der Waals surface area contributed by atoms with E-state index in [2.05, 4.69) is 15.3 Å². The number of hydrogen-bond acceptors (Lipinski definition) is 3. The van der Waals surface area contributed by atoms with E-state index in [4.69, 9.17) is 0 Å². The molecular weight excluding hydrogens is 363 g/mol. The van der Waals surface area contributed by atoms with Crippen LogP contribution in [0.3, 0.4) is 0 Å². The van der Waals surface area contributed by atoms with Crippen LogP contribution in [0.4, 0.5) is 18.9 Å². The van der Waals surface area contributed by atoms with E-state index in [1.54, 1.807) is 18.3 Å². The number of halogens is 3. The largest absolute Gasteiger partial charge is 0.416 e. The summed E-state index contributed by atoms with van der Waals surface area (Å²) in [5, 5.41) is 4.22. The molecule has 140 valence electrons. The number of para-hydroxylation sites is 1. The molecule has 4 aromatic rings. The normalized spacial score (nSPS) is 11.5.